The van der Waals surface area contributed by atoms with Crippen molar-refractivity contribution in [2.75, 3.05) is 18.6 Å². The lowest BCUT2D eigenvalue weighted by Gasteiger charge is -2.15. The summed E-state index contributed by atoms with van der Waals surface area (Å²) in [4.78, 5) is 0. The predicted molar refractivity (Wildman–Crippen MR) is 67.4 cm³/mol. The molecule has 1 aromatic heterocycles. The maximum Gasteiger partial charge on any atom is 0.0640 e. The summed E-state index contributed by atoms with van der Waals surface area (Å²) in [6, 6.07) is 2.67. The Labute approximate surface area is 96.6 Å². The smallest absolute Gasteiger partial charge is 0.0640 e. The minimum atomic E-state index is 0.567. The monoisotopic (exact) mass is 227 g/mol. The van der Waals surface area contributed by atoms with Crippen molar-refractivity contribution in [2.24, 2.45) is 7.05 Å². The van der Waals surface area contributed by atoms with Crippen molar-refractivity contribution in [2.45, 2.75) is 25.8 Å². The molecule has 0 saturated carbocycles. The molecule has 1 unspecified atom stereocenters. The van der Waals surface area contributed by atoms with Crippen LogP contribution in [0.5, 0.6) is 0 Å². The topological polar surface area (TPSA) is 29.9 Å². The maximum atomic E-state index is 4.41. The zero-order valence-corrected chi connectivity index (χ0v) is 10.7. The molecule has 3 nitrogen and oxygen atoms in total. The third kappa shape index (κ3) is 4.71. The molecule has 0 aliphatic carbocycles. The van der Waals surface area contributed by atoms with Crippen LogP contribution in [0.15, 0.2) is 12.3 Å². The largest absolute Gasteiger partial charge is 0.314 e. The zero-order chi connectivity index (χ0) is 11.1. The van der Waals surface area contributed by atoms with Gasteiger partial charge in [-0.05, 0) is 31.0 Å². The first-order valence-corrected chi connectivity index (χ1v) is 6.86. The molecule has 0 aliphatic heterocycles. The number of aryl methyl sites for hydroxylation is 1. The summed E-state index contributed by atoms with van der Waals surface area (Å²) in [5, 5.41) is 7.92. The van der Waals surface area contributed by atoms with Gasteiger partial charge in [-0.3, -0.25) is 4.68 Å². The Kier molecular flexibility index (Phi) is 5.79. The number of rotatable bonds is 7. The molecule has 1 N–H and O–H groups in total. The van der Waals surface area contributed by atoms with Crippen molar-refractivity contribution in [1.29, 1.82) is 0 Å². The van der Waals surface area contributed by atoms with Crippen LogP contribution in [0.3, 0.4) is 0 Å². The van der Waals surface area contributed by atoms with Gasteiger partial charge in [-0.15, -0.1) is 0 Å². The highest BCUT2D eigenvalue weighted by atomic mass is 32.2. The van der Waals surface area contributed by atoms with Gasteiger partial charge in [-0.1, -0.05) is 6.92 Å². The fourth-order valence-electron chi connectivity index (χ4n) is 1.65. The molecule has 0 saturated heterocycles. The Balaban J connectivity index is 2.42. The lowest BCUT2D eigenvalue weighted by atomic mass is 10.1. The number of nitrogens with one attached hydrogen (secondary N) is 1. The highest BCUT2D eigenvalue weighted by molar-refractivity contribution is 7.98. The van der Waals surface area contributed by atoms with Gasteiger partial charge in [0.1, 0.15) is 0 Å². The minimum absolute atomic E-state index is 0.567. The molecule has 15 heavy (non-hydrogen) atoms. The van der Waals surface area contributed by atoms with Gasteiger partial charge in [0, 0.05) is 25.7 Å². The Hall–Kier alpha value is -0.480. The van der Waals surface area contributed by atoms with Crippen molar-refractivity contribution in [3.05, 3.63) is 18.0 Å². The molecule has 1 atom stereocenters. The molecule has 0 amide bonds. The van der Waals surface area contributed by atoms with E-state index < -0.39 is 0 Å². The molecular weight excluding hydrogens is 206 g/mol. The lowest BCUT2D eigenvalue weighted by Crippen LogP contribution is -2.31. The SMILES string of the molecule is CCNC(CCSC)Cc1ccn(C)n1. The molecule has 0 spiro atoms. The van der Waals surface area contributed by atoms with Gasteiger partial charge in [0.25, 0.3) is 0 Å². The number of thioether (sulfide) groups is 1. The normalized spacial score (nSPS) is 13.0. The van der Waals surface area contributed by atoms with Gasteiger partial charge in [0.15, 0.2) is 0 Å². The number of nitrogens with zero attached hydrogens (tertiary/aromatic N) is 2. The molecule has 0 aromatic carbocycles. The predicted octanol–water partition coefficient (Wildman–Crippen LogP) is 1.69. The van der Waals surface area contributed by atoms with Crippen LogP contribution in [-0.4, -0.2) is 34.4 Å². The molecule has 4 heteroatoms. The van der Waals surface area contributed by atoms with Crippen LogP contribution in [0.4, 0.5) is 0 Å². The van der Waals surface area contributed by atoms with E-state index in [4.69, 9.17) is 0 Å². The summed E-state index contributed by atoms with van der Waals surface area (Å²) in [5.41, 5.74) is 1.18. The van der Waals surface area contributed by atoms with Crippen LogP contribution in [0.2, 0.25) is 0 Å². The zero-order valence-electron chi connectivity index (χ0n) is 9.86. The Morgan fingerprint density at radius 3 is 2.93 bits per heavy atom. The third-order valence-electron chi connectivity index (χ3n) is 2.39. The Bertz CT molecular complexity index is 273. The van der Waals surface area contributed by atoms with E-state index in [0.29, 0.717) is 6.04 Å². The van der Waals surface area contributed by atoms with Crippen LogP contribution in [0.25, 0.3) is 0 Å². The molecule has 86 valence electrons. The summed E-state index contributed by atoms with van der Waals surface area (Å²) >= 11 is 1.91. The van der Waals surface area contributed by atoms with Crippen LogP contribution in [0, 0.1) is 0 Å². The first-order chi connectivity index (χ1) is 7.26. The highest BCUT2D eigenvalue weighted by Crippen LogP contribution is 2.06. The van der Waals surface area contributed by atoms with E-state index in [1.54, 1.807) is 0 Å². The second-order valence-electron chi connectivity index (χ2n) is 3.72. The summed E-state index contributed by atoms with van der Waals surface area (Å²) in [6.45, 7) is 3.19. The van der Waals surface area contributed by atoms with E-state index in [-0.39, 0.29) is 0 Å². The first-order valence-electron chi connectivity index (χ1n) is 5.47. The van der Waals surface area contributed by atoms with Gasteiger partial charge < -0.3 is 5.32 Å². The summed E-state index contributed by atoms with van der Waals surface area (Å²) in [5.74, 6) is 1.21. The quantitative estimate of drug-likeness (QED) is 0.769. The van der Waals surface area contributed by atoms with Crippen LogP contribution < -0.4 is 5.32 Å². The third-order valence-corrected chi connectivity index (χ3v) is 3.03. The van der Waals surface area contributed by atoms with E-state index in [2.05, 4.69) is 29.7 Å². The van der Waals surface area contributed by atoms with E-state index in [1.807, 2.05) is 29.7 Å². The number of aromatic nitrogens is 2. The van der Waals surface area contributed by atoms with Gasteiger partial charge in [-0.25, -0.2) is 0 Å². The fraction of sp³-hybridized carbons (Fsp3) is 0.727. The average molecular weight is 227 g/mol. The maximum absolute atomic E-state index is 4.41. The van der Waals surface area contributed by atoms with Crippen molar-refractivity contribution in [3.8, 4) is 0 Å². The summed E-state index contributed by atoms with van der Waals surface area (Å²) in [7, 11) is 1.97. The highest BCUT2D eigenvalue weighted by Gasteiger charge is 2.09. The van der Waals surface area contributed by atoms with Gasteiger partial charge in [0.05, 0.1) is 5.69 Å². The number of hydrogen-bond acceptors (Lipinski definition) is 3. The van der Waals surface area contributed by atoms with Crippen molar-refractivity contribution >= 4 is 11.8 Å². The molecule has 1 aromatic rings. The molecule has 0 fully saturated rings. The van der Waals surface area contributed by atoms with E-state index in [1.165, 1.54) is 17.9 Å². The van der Waals surface area contributed by atoms with E-state index in [0.717, 1.165) is 13.0 Å². The molecule has 0 aliphatic rings. The van der Waals surface area contributed by atoms with Gasteiger partial charge in [-0.2, -0.15) is 16.9 Å². The Morgan fingerprint density at radius 2 is 2.40 bits per heavy atom. The fourth-order valence-corrected chi connectivity index (χ4v) is 2.17. The minimum Gasteiger partial charge on any atom is -0.314 e. The van der Waals surface area contributed by atoms with E-state index in [9.17, 15) is 0 Å². The molecule has 1 heterocycles. The van der Waals surface area contributed by atoms with Crippen LogP contribution in [0.1, 0.15) is 19.0 Å². The summed E-state index contributed by atoms with van der Waals surface area (Å²) in [6.07, 6.45) is 6.41. The van der Waals surface area contributed by atoms with Crippen molar-refractivity contribution < 1.29 is 0 Å². The van der Waals surface area contributed by atoms with E-state index >= 15 is 0 Å². The molecule has 1 rings (SSSR count). The lowest BCUT2D eigenvalue weighted by molar-refractivity contribution is 0.506. The first kappa shape index (κ1) is 12.6. The second kappa shape index (κ2) is 6.90. The van der Waals surface area contributed by atoms with Crippen molar-refractivity contribution in [1.82, 2.24) is 15.1 Å². The van der Waals surface area contributed by atoms with Crippen molar-refractivity contribution in [3.63, 3.8) is 0 Å². The standard InChI is InChI=1S/C11H21N3S/c1-4-12-10(6-8-15-3)9-11-5-7-14(2)13-11/h5,7,10,12H,4,6,8-9H2,1-3H3. The molecule has 0 radical (unpaired) electrons. The summed E-state index contributed by atoms with van der Waals surface area (Å²) < 4.78 is 1.87. The Morgan fingerprint density at radius 1 is 1.60 bits per heavy atom. The average Bonchev–Trinajstić information content (AvgIpc) is 2.61. The number of likely N-dealkylation sites (N-methyl/N-ethyl adjacent to an activating group) is 1. The van der Waals surface area contributed by atoms with Gasteiger partial charge in [0.2, 0.25) is 0 Å². The molecule has 0 bridgehead atoms. The second-order valence-corrected chi connectivity index (χ2v) is 4.71. The number of hydrogen-bond donors (Lipinski definition) is 1. The van der Waals surface area contributed by atoms with Crippen LogP contribution in [-0.2, 0) is 13.5 Å². The van der Waals surface area contributed by atoms with Crippen LogP contribution >= 0.6 is 11.8 Å². The van der Waals surface area contributed by atoms with Gasteiger partial charge >= 0.3 is 0 Å². The molecular formula is C11H21N3S.